The normalized spacial score (nSPS) is 12.9. The van der Waals surface area contributed by atoms with Crippen molar-refractivity contribution in [2.24, 2.45) is 0 Å². The first-order valence-electron chi connectivity index (χ1n) is 6.01. The van der Waals surface area contributed by atoms with Crippen molar-refractivity contribution in [1.82, 2.24) is 0 Å². The highest BCUT2D eigenvalue weighted by Crippen LogP contribution is 2.04. The van der Waals surface area contributed by atoms with Gasteiger partial charge in [-0.05, 0) is 12.8 Å². The van der Waals surface area contributed by atoms with Gasteiger partial charge >= 0.3 is 0 Å². The summed E-state index contributed by atoms with van der Waals surface area (Å²) in [5.41, 5.74) is 0. The van der Waals surface area contributed by atoms with Gasteiger partial charge in [0.2, 0.25) is 0 Å². The lowest BCUT2D eigenvalue weighted by molar-refractivity contribution is 0.106. The van der Waals surface area contributed by atoms with Crippen molar-refractivity contribution in [3.05, 3.63) is 12.2 Å². The Bertz CT molecular complexity index is 193. The number of hydrogen-bond acceptors (Lipinski definition) is 2. The van der Waals surface area contributed by atoms with E-state index in [9.17, 15) is 0 Å². The number of nitrogens with zero attached hydrogens (tertiary/aromatic N) is 1. The van der Waals surface area contributed by atoms with Gasteiger partial charge in [-0.3, -0.25) is 0 Å². The second-order valence-electron chi connectivity index (χ2n) is 3.71. The van der Waals surface area contributed by atoms with Gasteiger partial charge in [0.15, 0.2) is 0 Å². The zero-order valence-electron chi connectivity index (χ0n) is 10.0. The van der Waals surface area contributed by atoms with Crippen LogP contribution in [0.25, 0.3) is 0 Å². The maximum Gasteiger partial charge on any atom is 0.144 e. The molecule has 0 N–H and O–H groups in total. The van der Waals surface area contributed by atoms with E-state index in [1.807, 2.05) is 6.08 Å². The molecule has 0 bridgehead atoms. The van der Waals surface area contributed by atoms with Crippen LogP contribution in [0.15, 0.2) is 12.2 Å². The molecule has 0 aliphatic heterocycles. The topological polar surface area (TPSA) is 33.0 Å². The molecule has 0 saturated carbocycles. The highest BCUT2D eigenvalue weighted by molar-refractivity contribution is 4.87. The van der Waals surface area contributed by atoms with Crippen molar-refractivity contribution in [3.8, 4) is 6.07 Å². The van der Waals surface area contributed by atoms with Gasteiger partial charge in [0.1, 0.15) is 6.10 Å². The highest BCUT2D eigenvalue weighted by Gasteiger charge is 2.04. The predicted molar refractivity (Wildman–Crippen MR) is 63.5 cm³/mol. The molecule has 2 heteroatoms. The van der Waals surface area contributed by atoms with Crippen LogP contribution in [0.4, 0.5) is 0 Å². The van der Waals surface area contributed by atoms with E-state index in [0.29, 0.717) is 6.61 Å². The molecule has 1 unspecified atom stereocenters. The summed E-state index contributed by atoms with van der Waals surface area (Å²) < 4.78 is 5.43. The fraction of sp³-hybridized carbons (Fsp3) is 0.769. The molecule has 0 aliphatic carbocycles. The lowest BCUT2D eigenvalue weighted by Crippen LogP contribution is -2.09. The van der Waals surface area contributed by atoms with E-state index >= 15 is 0 Å². The molecule has 0 aromatic heterocycles. The van der Waals surface area contributed by atoms with Crippen molar-refractivity contribution in [2.75, 3.05) is 6.61 Å². The number of unbranched alkanes of at least 4 members (excludes halogenated alkanes) is 3. The standard InChI is InChI=1S/C13H23NO/c1-3-5-7-8-9-11-15-13(12-14)10-6-4-2/h8-9,13H,3-7,10-11H2,1-2H3/b9-8+. The zero-order valence-corrected chi connectivity index (χ0v) is 10.0. The molecule has 0 radical (unpaired) electrons. The maximum atomic E-state index is 8.79. The van der Waals surface area contributed by atoms with Crippen molar-refractivity contribution >= 4 is 0 Å². The van der Waals surface area contributed by atoms with Gasteiger partial charge in [0.05, 0.1) is 12.7 Å². The molecule has 0 spiro atoms. The Kier molecular flexibility index (Phi) is 10.7. The fourth-order valence-electron chi connectivity index (χ4n) is 1.25. The Morgan fingerprint density at radius 1 is 1.20 bits per heavy atom. The van der Waals surface area contributed by atoms with Crippen molar-refractivity contribution < 1.29 is 4.74 Å². The molecule has 0 saturated heterocycles. The van der Waals surface area contributed by atoms with Gasteiger partial charge < -0.3 is 4.74 Å². The molecular weight excluding hydrogens is 186 g/mol. The summed E-state index contributed by atoms with van der Waals surface area (Å²) in [5, 5.41) is 8.79. The molecule has 86 valence electrons. The molecule has 0 amide bonds. The number of ether oxygens (including phenoxy) is 1. The minimum atomic E-state index is -0.222. The van der Waals surface area contributed by atoms with Crippen molar-refractivity contribution in [3.63, 3.8) is 0 Å². The maximum absolute atomic E-state index is 8.79. The Labute approximate surface area is 93.9 Å². The van der Waals surface area contributed by atoms with Crippen LogP contribution in [0.3, 0.4) is 0 Å². The van der Waals surface area contributed by atoms with Crippen LogP contribution >= 0.6 is 0 Å². The monoisotopic (exact) mass is 209 g/mol. The van der Waals surface area contributed by atoms with Crippen LogP contribution in [-0.2, 0) is 4.74 Å². The summed E-state index contributed by atoms with van der Waals surface area (Å²) >= 11 is 0. The Hall–Kier alpha value is -0.810. The second kappa shape index (κ2) is 11.3. The summed E-state index contributed by atoms with van der Waals surface area (Å²) in [6.45, 7) is 4.88. The van der Waals surface area contributed by atoms with E-state index in [-0.39, 0.29) is 6.10 Å². The molecular formula is C13H23NO. The van der Waals surface area contributed by atoms with Crippen LogP contribution in [-0.4, -0.2) is 12.7 Å². The lowest BCUT2D eigenvalue weighted by atomic mass is 10.2. The van der Waals surface area contributed by atoms with Gasteiger partial charge in [0.25, 0.3) is 0 Å². The van der Waals surface area contributed by atoms with Crippen LogP contribution in [0.2, 0.25) is 0 Å². The Morgan fingerprint density at radius 3 is 2.53 bits per heavy atom. The summed E-state index contributed by atoms with van der Waals surface area (Å²) in [7, 11) is 0. The first kappa shape index (κ1) is 14.2. The predicted octanol–water partition coefficient (Wildman–Crippen LogP) is 3.83. The molecule has 0 aliphatic rings. The van der Waals surface area contributed by atoms with E-state index in [2.05, 4.69) is 26.0 Å². The second-order valence-corrected chi connectivity index (χ2v) is 3.71. The minimum absolute atomic E-state index is 0.222. The van der Waals surface area contributed by atoms with Gasteiger partial charge in [-0.2, -0.15) is 5.26 Å². The van der Waals surface area contributed by atoms with Gasteiger partial charge in [0, 0.05) is 0 Å². The molecule has 1 atom stereocenters. The summed E-state index contributed by atoms with van der Waals surface area (Å²) in [5.74, 6) is 0. The molecule has 0 aromatic rings. The number of rotatable bonds is 9. The largest absolute Gasteiger partial charge is 0.359 e. The molecule has 0 fully saturated rings. The molecule has 0 rings (SSSR count). The van der Waals surface area contributed by atoms with Crippen LogP contribution in [0.5, 0.6) is 0 Å². The number of nitriles is 1. The van der Waals surface area contributed by atoms with Crippen molar-refractivity contribution in [2.45, 2.75) is 58.5 Å². The van der Waals surface area contributed by atoms with Gasteiger partial charge in [-0.1, -0.05) is 51.7 Å². The summed E-state index contributed by atoms with van der Waals surface area (Å²) in [6, 6.07) is 2.18. The van der Waals surface area contributed by atoms with Crippen LogP contribution < -0.4 is 0 Å². The number of hydrogen-bond donors (Lipinski definition) is 0. The quantitative estimate of drug-likeness (QED) is 0.427. The lowest BCUT2D eigenvalue weighted by Gasteiger charge is -2.07. The van der Waals surface area contributed by atoms with Gasteiger partial charge in [-0.15, -0.1) is 0 Å². The Morgan fingerprint density at radius 2 is 1.93 bits per heavy atom. The Balaban J connectivity index is 3.46. The molecule has 2 nitrogen and oxygen atoms in total. The minimum Gasteiger partial charge on any atom is -0.359 e. The highest BCUT2D eigenvalue weighted by atomic mass is 16.5. The third kappa shape index (κ3) is 9.49. The average Bonchev–Trinajstić information content (AvgIpc) is 2.27. The fourth-order valence-corrected chi connectivity index (χ4v) is 1.25. The average molecular weight is 209 g/mol. The number of allylic oxidation sites excluding steroid dienone is 1. The van der Waals surface area contributed by atoms with E-state index in [1.54, 1.807) is 0 Å². The van der Waals surface area contributed by atoms with E-state index in [4.69, 9.17) is 10.00 Å². The summed E-state index contributed by atoms with van der Waals surface area (Å²) in [6.07, 6.45) is 10.6. The smallest absolute Gasteiger partial charge is 0.144 e. The van der Waals surface area contributed by atoms with Crippen LogP contribution in [0, 0.1) is 11.3 Å². The molecule has 15 heavy (non-hydrogen) atoms. The van der Waals surface area contributed by atoms with Crippen molar-refractivity contribution in [1.29, 1.82) is 5.26 Å². The zero-order chi connectivity index (χ0) is 11.4. The van der Waals surface area contributed by atoms with E-state index in [0.717, 1.165) is 25.7 Å². The molecule has 0 aromatic carbocycles. The first-order valence-corrected chi connectivity index (χ1v) is 6.01. The van der Waals surface area contributed by atoms with Crippen LogP contribution in [0.1, 0.15) is 52.4 Å². The van der Waals surface area contributed by atoms with E-state index < -0.39 is 0 Å². The summed E-state index contributed by atoms with van der Waals surface area (Å²) in [4.78, 5) is 0. The first-order chi connectivity index (χ1) is 7.35. The molecule has 0 heterocycles. The third-order valence-electron chi connectivity index (χ3n) is 2.25. The SMILES string of the molecule is CCCC/C=C/COC(C#N)CCCC. The van der Waals surface area contributed by atoms with Gasteiger partial charge in [-0.25, -0.2) is 0 Å². The third-order valence-corrected chi connectivity index (χ3v) is 2.25. The van der Waals surface area contributed by atoms with E-state index in [1.165, 1.54) is 12.8 Å².